The molecule has 2 N–H and O–H groups in total. The van der Waals surface area contributed by atoms with Crippen molar-refractivity contribution in [3.8, 4) is 0 Å². The Morgan fingerprint density at radius 1 is 1.18 bits per heavy atom. The number of carbonyl (C=O) groups excluding carboxylic acids is 1. The lowest BCUT2D eigenvalue weighted by Gasteiger charge is -2.26. The van der Waals surface area contributed by atoms with E-state index in [1.807, 2.05) is 36.0 Å². The Labute approximate surface area is 168 Å². The van der Waals surface area contributed by atoms with Gasteiger partial charge in [0.2, 0.25) is 0 Å². The van der Waals surface area contributed by atoms with Gasteiger partial charge >= 0.3 is 0 Å². The molecular weight excluding hydrogens is 376 g/mol. The Bertz CT molecular complexity index is 836. The second-order valence-corrected chi connectivity index (χ2v) is 7.82. The number of rotatable bonds is 7. The summed E-state index contributed by atoms with van der Waals surface area (Å²) in [5.74, 6) is 2.03. The lowest BCUT2D eigenvalue weighted by atomic mass is 10.1. The van der Waals surface area contributed by atoms with Crippen LogP contribution in [0.3, 0.4) is 0 Å². The Kier molecular flexibility index (Phi) is 6.89. The number of nitro benzene ring substituents is 1. The summed E-state index contributed by atoms with van der Waals surface area (Å²) in [6.07, 6.45) is 0.980. The summed E-state index contributed by atoms with van der Waals surface area (Å²) in [6.45, 7) is 3.34. The Morgan fingerprint density at radius 2 is 1.89 bits per heavy atom. The summed E-state index contributed by atoms with van der Waals surface area (Å²) in [4.78, 5) is 25.6. The van der Waals surface area contributed by atoms with Crippen molar-refractivity contribution in [2.45, 2.75) is 6.42 Å². The number of anilines is 2. The lowest BCUT2D eigenvalue weighted by Crippen LogP contribution is -2.34. The highest BCUT2D eigenvalue weighted by Gasteiger charge is 2.16. The molecule has 0 bridgehead atoms. The largest absolute Gasteiger partial charge is 0.387 e. The molecule has 0 aliphatic carbocycles. The van der Waals surface area contributed by atoms with Gasteiger partial charge in [0.05, 0.1) is 10.5 Å². The Hall–Kier alpha value is -2.58. The molecule has 1 saturated heterocycles. The van der Waals surface area contributed by atoms with Gasteiger partial charge in [-0.1, -0.05) is 12.1 Å². The van der Waals surface area contributed by atoms with Crippen molar-refractivity contribution in [2.75, 3.05) is 48.8 Å². The first-order valence-corrected chi connectivity index (χ1v) is 10.4. The van der Waals surface area contributed by atoms with Gasteiger partial charge in [0.1, 0.15) is 0 Å². The quantitative estimate of drug-likeness (QED) is 0.547. The predicted molar refractivity (Wildman–Crippen MR) is 115 cm³/mol. The average Bonchev–Trinajstić information content (AvgIpc) is 2.73. The van der Waals surface area contributed by atoms with Crippen LogP contribution in [0.25, 0.3) is 0 Å². The highest BCUT2D eigenvalue weighted by Crippen LogP contribution is 2.23. The maximum absolute atomic E-state index is 12.6. The van der Waals surface area contributed by atoms with Gasteiger partial charge in [-0.05, 0) is 30.2 Å². The molecule has 0 saturated carbocycles. The molecule has 1 aliphatic rings. The smallest absolute Gasteiger partial charge is 0.270 e. The fourth-order valence-corrected chi connectivity index (χ4v) is 4.10. The number of carbonyl (C=O) groups is 1. The number of thioether (sulfide) groups is 1. The number of nitrogens with one attached hydrogen (secondary N) is 2. The van der Waals surface area contributed by atoms with Crippen LogP contribution in [0.2, 0.25) is 0 Å². The van der Waals surface area contributed by atoms with E-state index in [1.165, 1.54) is 35.3 Å². The van der Waals surface area contributed by atoms with E-state index in [2.05, 4.69) is 15.5 Å². The number of nitrogens with zero attached hydrogens (tertiary/aromatic N) is 2. The van der Waals surface area contributed by atoms with Crippen LogP contribution in [0.1, 0.15) is 15.9 Å². The van der Waals surface area contributed by atoms with Crippen molar-refractivity contribution in [2.24, 2.45) is 0 Å². The van der Waals surface area contributed by atoms with Crippen molar-refractivity contribution in [1.29, 1.82) is 0 Å². The average molecular weight is 401 g/mol. The van der Waals surface area contributed by atoms with Gasteiger partial charge in [0.25, 0.3) is 11.6 Å². The van der Waals surface area contributed by atoms with E-state index in [-0.39, 0.29) is 17.2 Å². The molecule has 1 amide bonds. The summed E-state index contributed by atoms with van der Waals surface area (Å²) in [6, 6.07) is 12.0. The zero-order valence-corrected chi connectivity index (χ0v) is 16.6. The van der Waals surface area contributed by atoms with E-state index >= 15 is 0 Å². The molecule has 3 rings (SSSR count). The number of nitro groups is 1. The Morgan fingerprint density at radius 3 is 2.54 bits per heavy atom. The van der Waals surface area contributed by atoms with Crippen LogP contribution in [-0.4, -0.2) is 53.9 Å². The van der Waals surface area contributed by atoms with Crippen LogP contribution < -0.4 is 10.6 Å². The van der Waals surface area contributed by atoms with Crippen LogP contribution in [0.15, 0.2) is 42.5 Å². The third-order valence-corrected chi connectivity index (χ3v) is 5.70. The van der Waals surface area contributed by atoms with Gasteiger partial charge in [0, 0.05) is 61.7 Å². The van der Waals surface area contributed by atoms with Crippen LogP contribution in [0.5, 0.6) is 0 Å². The van der Waals surface area contributed by atoms with Gasteiger partial charge in [-0.2, -0.15) is 11.8 Å². The Balaban J connectivity index is 1.62. The second-order valence-electron chi connectivity index (χ2n) is 6.59. The molecular formula is C20H24N4O3S. The standard InChI is InChI=1S/C20H24N4O3S/c1-21-19-7-6-17(24(26)27)14-18(19)20(25)22-16-4-2-15(3-5-16)8-9-23-10-12-28-13-11-23/h2-7,14,21H,8-13H2,1H3,(H,22,25). The SMILES string of the molecule is CNc1ccc([N+](=O)[O-])cc1C(=O)Nc1ccc(CCN2CCSCC2)cc1. The minimum Gasteiger partial charge on any atom is -0.387 e. The topological polar surface area (TPSA) is 87.5 Å². The number of hydrogen-bond donors (Lipinski definition) is 2. The van der Waals surface area contributed by atoms with Gasteiger partial charge in [-0.25, -0.2) is 0 Å². The van der Waals surface area contributed by atoms with E-state index in [9.17, 15) is 14.9 Å². The van der Waals surface area contributed by atoms with Crippen molar-refractivity contribution in [3.05, 3.63) is 63.7 Å². The molecule has 0 aromatic heterocycles. The van der Waals surface area contributed by atoms with E-state index in [4.69, 9.17) is 0 Å². The molecule has 28 heavy (non-hydrogen) atoms. The summed E-state index contributed by atoms with van der Waals surface area (Å²) in [7, 11) is 1.67. The fraction of sp³-hybridized carbons (Fsp3) is 0.350. The van der Waals surface area contributed by atoms with Gasteiger partial charge in [-0.15, -0.1) is 0 Å². The monoisotopic (exact) mass is 400 g/mol. The van der Waals surface area contributed by atoms with E-state index < -0.39 is 4.92 Å². The molecule has 1 heterocycles. The maximum Gasteiger partial charge on any atom is 0.270 e. The zero-order chi connectivity index (χ0) is 19.9. The lowest BCUT2D eigenvalue weighted by molar-refractivity contribution is -0.384. The molecule has 1 fully saturated rings. The zero-order valence-electron chi connectivity index (χ0n) is 15.8. The summed E-state index contributed by atoms with van der Waals surface area (Å²) < 4.78 is 0. The molecule has 1 aliphatic heterocycles. The second kappa shape index (κ2) is 9.57. The van der Waals surface area contributed by atoms with Gasteiger partial charge in [-0.3, -0.25) is 14.9 Å². The maximum atomic E-state index is 12.6. The minimum atomic E-state index is -0.508. The molecule has 0 spiro atoms. The van der Waals surface area contributed by atoms with Crippen LogP contribution in [0.4, 0.5) is 17.1 Å². The number of non-ortho nitro benzene ring substituents is 1. The van der Waals surface area contributed by atoms with Gasteiger partial charge in [0.15, 0.2) is 0 Å². The first-order valence-electron chi connectivity index (χ1n) is 9.23. The predicted octanol–water partition coefficient (Wildman–Crippen LogP) is 3.48. The van der Waals surface area contributed by atoms with E-state index in [1.54, 1.807) is 7.05 Å². The third-order valence-electron chi connectivity index (χ3n) is 4.76. The van der Waals surface area contributed by atoms with Crippen molar-refractivity contribution in [1.82, 2.24) is 4.90 Å². The molecule has 2 aromatic carbocycles. The molecule has 7 nitrogen and oxygen atoms in total. The van der Waals surface area contributed by atoms with Crippen molar-refractivity contribution in [3.63, 3.8) is 0 Å². The number of hydrogen-bond acceptors (Lipinski definition) is 6. The first-order chi connectivity index (χ1) is 13.6. The summed E-state index contributed by atoms with van der Waals surface area (Å²) in [5, 5.41) is 16.7. The highest BCUT2D eigenvalue weighted by atomic mass is 32.2. The van der Waals surface area contributed by atoms with Crippen LogP contribution in [-0.2, 0) is 6.42 Å². The molecule has 0 unspecified atom stereocenters. The molecule has 148 valence electrons. The third kappa shape index (κ3) is 5.24. The molecule has 0 atom stereocenters. The van der Waals surface area contributed by atoms with E-state index in [0.29, 0.717) is 11.4 Å². The fourth-order valence-electron chi connectivity index (χ4n) is 3.12. The molecule has 2 aromatic rings. The first kappa shape index (κ1) is 20.2. The number of benzene rings is 2. The summed E-state index contributed by atoms with van der Waals surface area (Å²) >= 11 is 2.01. The van der Waals surface area contributed by atoms with Crippen LogP contribution in [0, 0.1) is 10.1 Å². The van der Waals surface area contributed by atoms with Crippen molar-refractivity contribution >= 4 is 34.7 Å². The highest BCUT2D eigenvalue weighted by molar-refractivity contribution is 7.99. The van der Waals surface area contributed by atoms with Gasteiger partial charge < -0.3 is 15.5 Å². The number of amides is 1. The molecule has 0 radical (unpaired) electrons. The van der Waals surface area contributed by atoms with E-state index in [0.717, 1.165) is 26.1 Å². The normalized spacial score (nSPS) is 14.5. The summed E-state index contributed by atoms with van der Waals surface area (Å²) in [5.41, 5.74) is 2.55. The van der Waals surface area contributed by atoms with Crippen molar-refractivity contribution < 1.29 is 9.72 Å². The van der Waals surface area contributed by atoms with Crippen LogP contribution >= 0.6 is 11.8 Å². The minimum absolute atomic E-state index is 0.115. The molecule has 8 heteroatoms.